The maximum absolute atomic E-state index is 13.8. The van der Waals surface area contributed by atoms with Crippen LogP contribution in [0.5, 0.6) is 0 Å². The number of carbonyl (C=O) groups excluding carboxylic acids is 1. The molecule has 4 rings (SSSR count). The minimum atomic E-state index is -0.757. The second-order valence-corrected chi connectivity index (χ2v) is 7.03. The van der Waals surface area contributed by atoms with Gasteiger partial charge in [0.2, 0.25) is 0 Å². The summed E-state index contributed by atoms with van der Waals surface area (Å²) >= 11 is 0. The molecule has 1 saturated heterocycles. The van der Waals surface area contributed by atoms with Crippen LogP contribution in [0, 0.1) is 17.5 Å². The Morgan fingerprint density at radius 2 is 1.83 bits per heavy atom. The Kier molecular flexibility index (Phi) is 5.24. The lowest BCUT2D eigenvalue weighted by Crippen LogP contribution is -2.48. The molecule has 1 aliphatic rings. The van der Waals surface area contributed by atoms with E-state index in [9.17, 15) is 18.0 Å². The molecule has 1 fully saturated rings. The van der Waals surface area contributed by atoms with Crippen molar-refractivity contribution < 1.29 is 18.0 Å². The molecular weight excluding hydrogens is 381 g/mol. The van der Waals surface area contributed by atoms with E-state index in [1.54, 1.807) is 12.1 Å². The quantitative estimate of drug-likeness (QED) is 0.699. The van der Waals surface area contributed by atoms with Crippen LogP contribution in [0.25, 0.3) is 11.3 Å². The lowest BCUT2D eigenvalue weighted by molar-refractivity contribution is 0.0928. The number of hydrogen-bond donors (Lipinski definition) is 2. The molecule has 0 unspecified atom stereocenters. The number of carbonyl (C=O) groups is 1. The summed E-state index contributed by atoms with van der Waals surface area (Å²) in [6, 6.07) is 10.6. The normalized spacial score (nSPS) is 16.7. The predicted molar refractivity (Wildman–Crippen MR) is 103 cm³/mol. The van der Waals surface area contributed by atoms with Gasteiger partial charge in [-0.05, 0) is 60.9 Å². The van der Waals surface area contributed by atoms with E-state index in [2.05, 4.69) is 15.5 Å². The second-order valence-electron chi connectivity index (χ2n) is 7.03. The molecule has 1 aromatic heterocycles. The van der Waals surface area contributed by atoms with Crippen molar-refractivity contribution in [3.63, 3.8) is 0 Å². The van der Waals surface area contributed by atoms with Crippen molar-refractivity contribution in [1.82, 2.24) is 15.5 Å². The maximum Gasteiger partial charge on any atom is 0.254 e. The summed E-state index contributed by atoms with van der Waals surface area (Å²) in [5.74, 6) is -1.65. The van der Waals surface area contributed by atoms with Crippen LogP contribution in [0.4, 0.5) is 19.0 Å². The van der Waals surface area contributed by atoms with Crippen LogP contribution in [-0.4, -0.2) is 35.2 Å². The van der Waals surface area contributed by atoms with E-state index in [-0.39, 0.29) is 17.4 Å². The van der Waals surface area contributed by atoms with Gasteiger partial charge >= 0.3 is 0 Å². The smallest absolute Gasteiger partial charge is 0.254 e. The van der Waals surface area contributed by atoms with Gasteiger partial charge in [-0.2, -0.15) is 5.10 Å². The minimum Gasteiger partial charge on any atom is -0.353 e. The third-order valence-corrected chi connectivity index (χ3v) is 4.97. The molecule has 2 aromatic carbocycles. The fourth-order valence-electron chi connectivity index (χ4n) is 3.49. The number of aromatic amines is 1. The van der Waals surface area contributed by atoms with Gasteiger partial charge in [0.15, 0.2) is 5.82 Å². The van der Waals surface area contributed by atoms with Gasteiger partial charge < -0.3 is 10.2 Å². The first kappa shape index (κ1) is 19.0. The predicted octanol–water partition coefficient (Wildman–Crippen LogP) is 3.89. The lowest BCUT2D eigenvalue weighted by Gasteiger charge is -2.33. The zero-order chi connectivity index (χ0) is 20.4. The Morgan fingerprint density at radius 3 is 2.62 bits per heavy atom. The van der Waals surface area contributed by atoms with Gasteiger partial charge in [-0.25, -0.2) is 13.2 Å². The van der Waals surface area contributed by atoms with E-state index in [0.29, 0.717) is 12.4 Å². The van der Waals surface area contributed by atoms with Crippen molar-refractivity contribution >= 4 is 11.7 Å². The van der Waals surface area contributed by atoms with Gasteiger partial charge in [-0.15, -0.1) is 0 Å². The van der Waals surface area contributed by atoms with Crippen LogP contribution in [0.15, 0.2) is 48.5 Å². The Morgan fingerprint density at radius 1 is 1.07 bits per heavy atom. The SMILES string of the molecule is O=C(N[C@@H]1CCCN(c2cc(-c3ccc(F)cc3)[nH]n2)C1)c1cc(F)ccc1F. The van der Waals surface area contributed by atoms with E-state index >= 15 is 0 Å². The van der Waals surface area contributed by atoms with E-state index in [4.69, 9.17) is 0 Å². The van der Waals surface area contributed by atoms with Crippen LogP contribution in [-0.2, 0) is 0 Å². The summed E-state index contributed by atoms with van der Waals surface area (Å²) in [6.07, 6.45) is 1.55. The van der Waals surface area contributed by atoms with E-state index in [1.165, 1.54) is 12.1 Å². The summed E-state index contributed by atoms with van der Waals surface area (Å²) in [7, 11) is 0. The third-order valence-electron chi connectivity index (χ3n) is 4.97. The van der Waals surface area contributed by atoms with E-state index < -0.39 is 17.5 Å². The molecule has 8 heteroatoms. The Labute approximate surface area is 165 Å². The van der Waals surface area contributed by atoms with E-state index in [0.717, 1.165) is 48.8 Å². The van der Waals surface area contributed by atoms with Crippen molar-refractivity contribution in [3.05, 3.63) is 71.5 Å². The lowest BCUT2D eigenvalue weighted by atomic mass is 10.0. The maximum atomic E-state index is 13.8. The highest BCUT2D eigenvalue weighted by molar-refractivity contribution is 5.94. The highest BCUT2D eigenvalue weighted by Crippen LogP contribution is 2.24. The fourth-order valence-corrected chi connectivity index (χ4v) is 3.49. The highest BCUT2D eigenvalue weighted by Gasteiger charge is 2.24. The molecule has 0 saturated carbocycles. The highest BCUT2D eigenvalue weighted by atomic mass is 19.1. The summed E-state index contributed by atoms with van der Waals surface area (Å²) < 4.78 is 40.3. The molecule has 1 amide bonds. The zero-order valence-electron chi connectivity index (χ0n) is 15.5. The Balaban J connectivity index is 1.44. The molecule has 5 nitrogen and oxygen atoms in total. The number of benzene rings is 2. The minimum absolute atomic E-state index is 0.218. The average Bonchev–Trinajstić information content (AvgIpc) is 3.21. The largest absolute Gasteiger partial charge is 0.353 e. The molecule has 1 aliphatic heterocycles. The molecule has 3 aromatic rings. The molecule has 150 valence electrons. The number of nitrogens with one attached hydrogen (secondary N) is 2. The van der Waals surface area contributed by atoms with Gasteiger partial charge in [0.25, 0.3) is 5.91 Å². The van der Waals surface area contributed by atoms with Crippen LogP contribution < -0.4 is 10.2 Å². The van der Waals surface area contributed by atoms with Crippen LogP contribution >= 0.6 is 0 Å². The van der Waals surface area contributed by atoms with Gasteiger partial charge in [-0.3, -0.25) is 9.89 Å². The van der Waals surface area contributed by atoms with E-state index in [1.807, 2.05) is 11.0 Å². The van der Waals surface area contributed by atoms with Gasteiger partial charge in [0, 0.05) is 25.2 Å². The van der Waals surface area contributed by atoms with Crippen molar-refractivity contribution in [2.24, 2.45) is 0 Å². The number of rotatable bonds is 4. The van der Waals surface area contributed by atoms with Crippen LogP contribution in [0.3, 0.4) is 0 Å². The summed E-state index contributed by atoms with van der Waals surface area (Å²) in [5, 5.41) is 10.0. The molecule has 0 spiro atoms. The molecule has 2 N–H and O–H groups in total. The number of hydrogen-bond acceptors (Lipinski definition) is 3. The first-order valence-corrected chi connectivity index (χ1v) is 9.32. The van der Waals surface area contributed by atoms with Crippen molar-refractivity contribution in [1.29, 1.82) is 0 Å². The molecule has 0 bridgehead atoms. The number of amides is 1. The summed E-state index contributed by atoms with van der Waals surface area (Å²) in [4.78, 5) is 14.4. The first-order chi connectivity index (χ1) is 14.0. The monoisotopic (exact) mass is 400 g/mol. The molecule has 29 heavy (non-hydrogen) atoms. The fraction of sp³-hybridized carbons (Fsp3) is 0.238. The number of nitrogens with zero attached hydrogens (tertiary/aromatic N) is 2. The molecular formula is C21H19F3N4O. The standard InChI is InChI=1S/C21H19F3N4O/c22-14-5-3-13(4-6-14)19-11-20(27-26-19)28-9-1-2-16(12-28)25-21(29)17-10-15(23)7-8-18(17)24/h3-8,10-11,16H,1-2,9,12H2,(H,25,29)(H,26,27)/t16-/m1/s1. The van der Waals surface area contributed by atoms with Gasteiger partial charge in [0.1, 0.15) is 17.5 Å². The molecule has 1 atom stereocenters. The molecule has 2 heterocycles. The van der Waals surface area contributed by atoms with Crippen LogP contribution in [0.1, 0.15) is 23.2 Å². The number of halogens is 3. The number of H-pyrrole nitrogens is 1. The Hall–Kier alpha value is -3.29. The topological polar surface area (TPSA) is 61.0 Å². The second kappa shape index (κ2) is 7.98. The van der Waals surface area contributed by atoms with Crippen molar-refractivity contribution in [3.8, 4) is 11.3 Å². The first-order valence-electron chi connectivity index (χ1n) is 9.32. The summed E-state index contributed by atoms with van der Waals surface area (Å²) in [6.45, 7) is 1.25. The van der Waals surface area contributed by atoms with Gasteiger partial charge in [-0.1, -0.05) is 0 Å². The molecule has 0 aliphatic carbocycles. The number of aromatic nitrogens is 2. The number of anilines is 1. The Bertz CT molecular complexity index is 1020. The van der Waals surface area contributed by atoms with Crippen LogP contribution in [0.2, 0.25) is 0 Å². The summed E-state index contributed by atoms with van der Waals surface area (Å²) in [5.41, 5.74) is 1.27. The molecule has 0 radical (unpaired) electrons. The zero-order valence-corrected chi connectivity index (χ0v) is 15.5. The third kappa shape index (κ3) is 4.26. The average molecular weight is 400 g/mol. The van der Waals surface area contributed by atoms with Crippen molar-refractivity contribution in [2.75, 3.05) is 18.0 Å². The van der Waals surface area contributed by atoms with Gasteiger partial charge in [0.05, 0.1) is 11.3 Å². The van der Waals surface area contributed by atoms with Crippen molar-refractivity contribution in [2.45, 2.75) is 18.9 Å². The number of piperidine rings is 1.